The molecule has 1 fully saturated rings. The smallest absolute Gasteiger partial charge is 0.0594 e. The quantitative estimate of drug-likeness (QED) is 0.850. The van der Waals surface area contributed by atoms with Crippen molar-refractivity contribution in [1.82, 2.24) is 4.90 Å². The Morgan fingerprint density at radius 2 is 2.12 bits per heavy atom. The molecule has 1 saturated heterocycles. The first kappa shape index (κ1) is 12.6. The minimum absolute atomic E-state index is 0.445. The van der Waals surface area contributed by atoms with Crippen LogP contribution >= 0.6 is 0 Å². The first-order valence-electron chi connectivity index (χ1n) is 6.37. The Balaban J connectivity index is 1.98. The van der Waals surface area contributed by atoms with Crippen LogP contribution in [-0.4, -0.2) is 43.8 Å². The van der Waals surface area contributed by atoms with Crippen LogP contribution in [0.25, 0.3) is 0 Å². The lowest BCUT2D eigenvalue weighted by molar-refractivity contribution is 0.0184. The van der Waals surface area contributed by atoms with Crippen molar-refractivity contribution in [3.05, 3.63) is 35.4 Å². The number of hydrogen-bond donors (Lipinski definition) is 1. The highest BCUT2D eigenvalue weighted by Crippen LogP contribution is 2.11. The third-order valence-corrected chi connectivity index (χ3v) is 3.39. The molecule has 1 aromatic carbocycles. The van der Waals surface area contributed by atoms with Gasteiger partial charge in [0.1, 0.15) is 0 Å². The summed E-state index contributed by atoms with van der Waals surface area (Å²) in [5.41, 5.74) is 8.61. The predicted octanol–water partition coefficient (Wildman–Crippen LogP) is 1.20. The van der Waals surface area contributed by atoms with E-state index in [1.165, 1.54) is 11.1 Å². The molecule has 1 atom stereocenters. The van der Waals surface area contributed by atoms with Gasteiger partial charge in [-0.25, -0.2) is 0 Å². The molecule has 0 aliphatic carbocycles. The molecular formula is C14H22N2O. The largest absolute Gasteiger partial charge is 0.379 e. The van der Waals surface area contributed by atoms with E-state index in [9.17, 15) is 0 Å². The van der Waals surface area contributed by atoms with Gasteiger partial charge >= 0.3 is 0 Å². The van der Waals surface area contributed by atoms with E-state index in [-0.39, 0.29) is 0 Å². The molecule has 3 heteroatoms. The fourth-order valence-corrected chi connectivity index (χ4v) is 2.42. The van der Waals surface area contributed by atoms with Crippen LogP contribution in [0.5, 0.6) is 0 Å². The van der Waals surface area contributed by atoms with Gasteiger partial charge in [-0.3, -0.25) is 4.90 Å². The first-order valence-corrected chi connectivity index (χ1v) is 6.37. The molecule has 0 bridgehead atoms. The lowest BCUT2D eigenvalue weighted by atomic mass is 10.0. The maximum atomic E-state index is 5.91. The molecule has 0 aromatic heterocycles. The van der Waals surface area contributed by atoms with Gasteiger partial charge in [-0.15, -0.1) is 0 Å². The standard InChI is InChI=1S/C14H22N2O/c1-12-3-2-4-13(9-12)10-14(11-15)16-5-7-17-8-6-16/h2-4,9,14H,5-8,10-11,15H2,1H3. The maximum Gasteiger partial charge on any atom is 0.0594 e. The van der Waals surface area contributed by atoms with Gasteiger partial charge < -0.3 is 10.5 Å². The van der Waals surface area contributed by atoms with Crippen molar-refractivity contribution < 1.29 is 4.74 Å². The Labute approximate surface area is 104 Å². The third kappa shape index (κ3) is 3.53. The summed E-state index contributed by atoms with van der Waals surface area (Å²) in [6, 6.07) is 9.15. The van der Waals surface area contributed by atoms with Crippen LogP contribution in [0.3, 0.4) is 0 Å². The number of aryl methyl sites for hydroxylation is 1. The van der Waals surface area contributed by atoms with E-state index in [1.54, 1.807) is 0 Å². The highest BCUT2D eigenvalue weighted by molar-refractivity contribution is 5.23. The fourth-order valence-electron chi connectivity index (χ4n) is 2.42. The van der Waals surface area contributed by atoms with Crippen LogP contribution in [0, 0.1) is 6.92 Å². The molecule has 0 radical (unpaired) electrons. The second-order valence-electron chi connectivity index (χ2n) is 4.73. The zero-order valence-electron chi connectivity index (χ0n) is 10.6. The second-order valence-corrected chi connectivity index (χ2v) is 4.73. The topological polar surface area (TPSA) is 38.5 Å². The van der Waals surface area contributed by atoms with Gasteiger partial charge in [-0.1, -0.05) is 29.8 Å². The molecule has 0 amide bonds. The third-order valence-electron chi connectivity index (χ3n) is 3.39. The van der Waals surface area contributed by atoms with Crippen LogP contribution in [-0.2, 0) is 11.2 Å². The number of benzene rings is 1. The molecule has 2 rings (SSSR count). The molecule has 94 valence electrons. The molecule has 1 unspecified atom stereocenters. The summed E-state index contributed by atoms with van der Waals surface area (Å²) in [6.45, 7) is 6.54. The van der Waals surface area contributed by atoms with Crippen LogP contribution in [0.4, 0.5) is 0 Å². The average Bonchev–Trinajstić information content (AvgIpc) is 2.37. The predicted molar refractivity (Wildman–Crippen MR) is 70.1 cm³/mol. The Kier molecular flexibility index (Phi) is 4.54. The zero-order valence-corrected chi connectivity index (χ0v) is 10.6. The highest BCUT2D eigenvalue weighted by Gasteiger charge is 2.19. The van der Waals surface area contributed by atoms with Crippen LogP contribution in [0.1, 0.15) is 11.1 Å². The minimum atomic E-state index is 0.445. The van der Waals surface area contributed by atoms with Gasteiger partial charge in [0.05, 0.1) is 13.2 Å². The summed E-state index contributed by atoms with van der Waals surface area (Å²) in [5.74, 6) is 0. The number of rotatable bonds is 4. The van der Waals surface area contributed by atoms with Gasteiger partial charge in [0.25, 0.3) is 0 Å². The molecule has 0 spiro atoms. The molecule has 1 aliphatic heterocycles. The summed E-state index contributed by atoms with van der Waals surface area (Å²) in [7, 11) is 0. The van der Waals surface area contributed by atoms with Crippen LogP contribution < -0.4 is 5.73 Å². The zero-order chi connectivity index (χ0) is 12.1. The Hall–Kier alpha value is -0.900. The van der Waals surface area contributed by atoms with E-state index in [2.05, 4.69) is 36.1 Å². The summed E-state index contributed by atoms with van der Waals surface area (Å²) in [5, 5.41) is 0. The second kappa shape index (κ2) is 6.15. The SMILES string of the molecule is Cc1cccc(CC(CN)N2CCOCC2)c1. The monoisotopic (exact) mass is 234 g/mol. The Morgan fingerprint density at radius 1 is 1.35 bits per heavy atom. The van der Waals surface area contributed by atoms with Crippen molar-refractivity contribution in [2.75, 3.05) is 32.8 Å². The van der Waals surface area contributed by atoms with E-state index < -0.39 is 0 Å². The molecule has 3 nitrogen and oxygen atoms in total. The molecular weight excluding hydrogens is 212 g/mol. The van der Waals surface area contributed by atoms with Gasteiger partial charge in [-0.05, 0) is 18.9 Å². The van der Waals surface area contributed by atoms with Gasteiger partial charge in [0.15, 0.2) is 0 Å². The molecule has 1 aliphatic rings. The molecule has 1 aromatic rings. The van der Waals surface area contributed by atoms with E-state index in [0.717, 1.165) is 32.7 Å². The molecule has 2 N–H and O–H groups in total. The minimum Gasteiger partial charge on any atom is -0.379 e. The lowest BCUT2D eigenvalue weighted by Gasteiger charge is -2.33. The average molecular weight is 234 g/mol. The van der Waals surface area contributed by atoms with Gasteiger partial charge in [-0.2, -0.15) is 0 Å². The van der Waals surface area contributed by atoms with Crippen LogP contribution in [0.2, 0.25) is 0 Å². The van der Waals surface area contributed by atoms with Crippen molar-refractivity contribution in [3.63, 3.8) is 0 Å². The maximum absolute atomic E-state index is 5.91. The number of nitrogens with two attached hydrogens (primary N) is 1. The summed E-state index contributed by atoms with van der Waals surface area (Å²) < 4.78 is 5.38. The van der Waals surface area contributed by atoms with E-state index in [1.807, 2.05) is 0 Å². The lowest BCUT2D eigenvalue weighted by Crippen LogP contribution is -2.47. The summed E-state index contributed by atoms with van der Waals surface area (Å²) >= 11 is 0. The first-order chi connectivity index (χ1) is 8.29. The van der Waals surface area contributed by atoms with Crippen molar-refractivity contribution in [2.45, 2.75) is 19.4 Å². The fraction of sp³-hybridized carbons (Fsp3) is 0.571. The van der Waals surface area contributed by atoms with Crippen molar-refractivity contribution >= 4 is 0 Å². The van der Waals surface area contributed by atoms with Gasteiger partial charge in [0, 0.05) is 25.7 Å². The molecule has 1 heterocycles. The van der Waals surface area contributed by atoms with Crippen molar-refractivity contribution in [2.24, 2.45) is 5.73 Å². The highest BCUT2D eigenvalue weighted by atomic mass is 16.5. The number of hydrogen-bond acceptors (Lipinski definition) is 3. The van der Waals surface area contributed by atoms with Gasteiger partial charge in [0.2, 0.25) is 0 Å². The van der Waals surface area contributed by atoms with Crippen molar-refractivity contribution in [1.29, 1.82) is 0 Å². The summed E-state index contributed by atoms with van der Waals surface area (Å²) in [6.07, 6.45) is 1.04. The number of ether oxygens (including phenoxy) is 1. The van der Waals surface area contributed by atoms with E-state index in [0.29, 0.717) is 12.6 Å². The normalized spacial score (nSPS) is 19.2. The number of nitrogens with zero attached hydrogens (tertiary/aromatic N) is 1. The Morgan fingerprint density at radius 3 is 2.76 bits per heavy atom. The van der Waals surface area contributed by atoms with E-state index in [4.69, 9.17) is 10.5 Å². The van der Waals surface area contributed by atoms with Crippen LogP contribution in [0.15, 0.2) is 24.3 Å². The molecule has 0 saturated carbocycles. The Bertz CT molecular complexity index is 348. The van der Waals surface area contributed by atoms with E-state index >= 15 is 0 Å². The summed E-state index contributed by atoms with van der Waals surface area (Å²) in [4.78, 5) is 2.45. The number of morpholine rings is 1. The molecule has 17 heavy (non-hydrogen) atoms. The van der Waals surface area contributed by atoms with Crippen molar-refractivity contribution in [3.8, 4) is 0 Å².